The van der Waals surface area contributed by atoms with Gasteiger partial charge in [-0.2, -0.15) is 0 Å². The predicted molar refractivity (Wildman–Crippen MR) is 100.0 cm³/mol. The van der Waals surface area contributed by atoms with Gasteiger partial charge in [0, 0.05) is 18.5 Å². The summed E-state index contributed by atoms with van der Waals surface area (Å²) >= 11 is 0. The molecule has 1 aliphatic rings. The first kappa shape index (κ1) is 18.4. The number of ether oxygens (including phenoxy) is 1. The molecule has 140 valence electrons. The second-order valence-electron chi connectivity index (χ2n) is 6.33. The van der Waals surface area contributed by atoms with Gasteiger partial charge in [-0.25, -0.2) is 0 Å². The monoisotopic (exact) mass is 369 g/mol. The highest BCUT2D eigenvalue weighted by Gasteiger charge is 2.30. The Bertz CT molecular complexity index is 912. The van der Waals surface area contributed by atoms with Gasteiger partial charge in [0.2, 0.25) is 5.91 Å². The zero-order chi connectivity index (χ0) is 19.6. The van der Waals surface area contributed by atoms with Crippen molar-refractivity contribution in [1.29, 1.82) is 0 Å². The molecule has 2 aromatic carbocycles. The third kappa shape index (κ3) is 3.74. The Kier molecular flexibility index (Phi) is 5.07. The topological polar surface area (TPSA) is 102 Å². The van der Waals surface area contributed by atoms with Gasteiger partial charge in [-0.05, 0) is 32.0 Å². The SMILES string of the molecule is Cc1c(OCC(=O)N2c3ccccc3NC(=O)C[C@@H]2C)cccc1[N+](=O)[O-]. The lowest BCUT2D eigenvalue weighted by Gasteiger charge is -2.27. The minimum absolute atomic E-state index is 0.0665. The summed E-state index contributed by atoms with van der Waals surface area (Å²) in [5.74, 6) is -0.222. The van der Waals surface area contributed by atoms with E-state index in [1.807, 2.05) is 0 Å². The smallest absolute Gasteiger partial charge is 0.276 e. The van der Waals surface area contributed by atoms with Crippen molar-refractivity contribution in [3.05, 3.63) is 58.1 Å². The molecule has 8 nitrogen and oxygen atoms in total. The molecule has 8 heteroatoms. The Labute approximate surface area is 155 Å². The van der Waals surface area contributed by atoms with Crippen molar-refractivity contribution in [3.8, 4) is 5.75 Å². The van der Waals surface area contributed by atoms with Crippen LogP contribution in [0.4, 0.5) is 17.1 Å². The molecule has 1 atom stereocenters. The molecule has 1 N–H and O–H groups in total. The minimum atomic E-state index is -0.492. The van der Waals surface area contributed by atoms with Crippen LogP contribution in [-0.4, -0.2) is 29.4 Å². The van der Waals surface area contributed by atoms with E-state index in [4.69, 9.17) is 4.74 Å². The van der Waals surface area contributed by atoms with E-state index in [0.717, 1.165) is 0 Å². The van der Waals surface area contributed by atoms with Crippen LogP contribution in [0.15, 0.2) is 42.5 Å². The van der Waals surface area contributed by atoms with E-state index in [1.165, 1.54) is 17.0 Å². The van der Waals surface area contributed by atoms with Crippen LogP contribution in [0.5, 0.6) is 5.75 Å². The highest BCUT2D eigenvalue weighted by Crippen LogP contribution is 2.32. The standard InChI is InChI=1S/C19H19N3O5/c1-12-10-18(23)20-14-6-3-4-7-16(14)21(12)19(24)11-27-17-9-5-8-15(13(17)2)22(25)26/h3-9,12H,10-11H2,1-2H3,(H,20,23)/t12-/m0/s1. The largest absolute Gasteiger partial charge is 0.483 e. The number of para-hydroxylation sites is 2. The van der Waals surface area contributed by atoms with Gasteiger partial charge < -0.3 is 15.0 Å². The third-order valence-corrected chi connectivity index (χ3v) is 4.43. The van der Waals surface area contributed by atoms with Crippen molar-refractivity contribution in [3.63, 3.8) is 0 Å². The summed E-state index contributed by atoms with van der Waals surface area (Å²) in [7, 11) is 0. The number of rotatable bonds is 4. The number of hydrogen-bond acceptors (Lipinski definition) is 5. The number of carbonyl (C=O) groups excluding carboxylic acids is 2. The number of fused-ring (bicyclic) bond motifs is 1. The summed E-state index contributed by atoms with van der Waals surface area (Å²) < 4.78 is 5.57. The van der Waals surface area contributed by atoms with Crippen LogP contribution < -0.4 is 15.0 Å². The second-order valence-corrected chi connectivity index (χ2v) is 6.33. The summed E-state index contributed by atoms with van der Waals surface area (Å²) in [4.78, 5) is 36.9. The van der Waals surface area contributed by atoms with Crippen molar-refractivity contribution in [2.45, 2.75) is 26.3 Å². The lowest BCUT2D eigenvalue weighted by atomic mass is 10.1. The Balaban J connectivity index is 1.83. The first-order valence-corrected chi connectivity index (χ1v) is 8.46. The van der Waals surface area contributed by atoms with Crippen LogP contribution in [0, 0.1) is 17.0 Å². The lowest BCUT2D eigenvalue weighted by molar-refractivity contribution is -0.385. The van der Waals surface area contributed by atoms with Crippen LogP contribution in [0.25, 0.3) is 0 Å². The summed E-state index contributed by atoms with van der Waals surface area (Å²) in [6.07, 6.45) is 0.163. The van der Waals surface area contributed by atoms with E-state index in [1.54, 1.807) is 44.2 Å². The van der Waals surface area contributed by atoms with E-state index in [9.17, 15) is 19.7 Å². The quantitative estimate of drug-likeness (QED) is 0.659. The van der Waals surface area contributed by atoms with Crippen molar-refractivity contribution < 1.29 is 19.2 Å². The number of nitrogens with one attached hydrogen (secondary N) is 1. The number of anilines is 2. The summed E-state index contributed by atoms with van der Waals surface area (Å²) in [6, 6.07) is 11.2. The third-order valence-electron chi connectivity index (χ3n) is 4.43. The molecule has 0 aromatic heterocycles. The molecule has 0 unspecified atom stereocenters. The van der Waals surface area contributed by atoms with Gasteiger partial charge in [0.05, 0.1) is 21.9 Å². The van der Waals surface area contributed by atoms with Crippen LogP contribution >= 0.6 is 0 Å². The molecule has 2 amide bonds. The Morgan fingerprint density at radius 3 is 2.78 bits per heavy atom. The number of nitro groups is 1. The first-order valence-electron chi connectivity index (χ1n) is 8.46. The molecule has 27 heavy (non-hydrogen) atoms. The van der Waals surface area contributed by atoms with E-state index in [0.29, 0.717) is 16.9 Å². The van der Waals surface area contributed by atoms with Crippen LogP contribution in [0.2, 0.25) is 0 Å². The summed E-state index contributed by atoms with van der Waals surface area (Å²) in [5.41, 5.74) is 1.45. The maximum absolute atomic E-state index is 12.9. The van der Waals surface area contributed by atoms with Gasteiger partial charge in [-0.15, -0.1) is 0 Å². The Hall–Kier alpha value is -3.42. The van der Waals surface area contributed by atoms with Gasteiger partial charge in [0.25, 0.3) is 11.6 Å². The van der Waals surface area contributed by atoms with Crippen LogP contribution in [-0.2, 0) is 9.59 Å². The van der Waals surface area contributed by atoms with Gasteiger partial charge in [0.15, 0.2) is 6.61 Å². The number of amides is 2. The molecule has 0 saturated carbocycles. The van der Waals surface area contributed by atoms with Gasteiger partial charge in [-0.1, -0.05) is 18.2 Å². The number of carbonyl (C=O) groups is 2. The Morgan fingerprint density at radius 2 is 2.04 bits per heavy atom. The second kappa shape index (κ2) is 7.45. The fourth-order valence-corrected chi connectivity index (χ4v) is 3.13. The molecule has 0 aliphatic carbocycles. The molecular weight excluding hydrogens is 350 g/mol. The highest BCUT2D eigenvalue weighted by molar-refractivity contribution is 6.04. The Morgan fingerprint density at radius 1 is 1.30 bits per heavy atom. The van der Waals surface area contributed by atoms with E-state index in [-0.39, 0.29) is 42.3 Å². The van der Waals surface area contributed by atoms with Gasteiger partial charge >= 0.3 is 0 Å². The number of hydrogen-bond donors (Lipinski definition) is 1. The molecule has 0 saturated heterocycles. The van der Waals surface area contributed by atoms with Gasteiger partial charge in [0.1, 0.15) is 5.75 Å². The normalized spacial score (nSPS) is 16.1. The molecule has 3 rings (SSSR count). The van der Waals surface area contributed by atoms with Crippen LogP contribution in [0.1, 0.15) is 18.9 Å². The molecular formula is C19H19N3O5. The van der Waals surface area contributed by atoms with E-state index >= 15 is 0 Å². The fraction of sp³-hybridized carbons (Fsp3) is 0.263. The zero-order valence-electron chi connectivity index (χ0n) is 15.0. The van der Waals surface area contributed by atoms with E-state index in [2.05, 4.69) is 5.32 Å². The maximum Gasteiger partial charge on any atom is 0.276 e. The number of nitrogens with zero attached hydrogens (tertiary/aromatic N) is 2. The minimum Gasteiger partial charge on any atom is -0.483 e. The zero-order valence-corrected chi connectivity index (χ0v) is 15.0. The average Bonchev–Trinajstić information content (AvgIpc) is 2.74. The number of benzene rings is 2. The van der Waals surface area contributed by atoms with Crippen molar-refractivity contribution >= 4 is 28.9 Å². The van der Waals surface area contributed by atoms with Crippen molar-refractivity contribution in [1.82, 2.24) is 0 Å². The molecule has 0 fully saturated rings. The summed E-state index contributed by atoms with van der Waals surface area (Å²) in [6.45, 7) is 3.07. The highest BCUT2D eigenvalue weighted by atomic mass is 16.6. The summed E-state index contributed by atoms with van der Waals surface area (Å²) in [5, 5.41) is 13.8. The molecule has 1 heterocycles. The fourth-order valence-electron chi connectivity index (χ4n) is 3.13. The molecule has 2 aromatic rings. The predicted octanol–water partition coefficient (Wildman–Crippen LogP) is 3.05. The van der Waals surface area contributed by atoms with Gasteiger partial charge in [-0.3, -0.25) is 19.7 Å². The lowest BCUT2D eigenvalue weighted by Crippen LogP contribution is -2.41. The van der Waals surface area contributed by atoms with Crippen molar-refractivity contribution in [2.24, 2.45) is 0 Å². The molecule has 1 aliphatic heterocycles. The average molecular weight is 369 g/mol. The maximum atomic E-state index is 12.9. The number of nitro benzene ring substituents is 1. The van der Waals surface area contributed by atoms with E-state index < -0.39 is 4.92 Å². The molecule has 0 spiro atoms. The van der Waals surface area contributed by atoms with Crippen molar-refractivity contribution in [2.75, 3.05) is 16.8 Å². The molecule has 0 bridgehead atoms. The molecule has 0 radical (unpaired) electrons. The first-order chi connectivity index (χ1) is 12.9. The van der Waals surface area contributed by atoms with Crippen LogP contribution in [0.3, 0.4) is 0 Å².